The number of rotatable bonds is 4. The Kier molecular flexibility index (Phi) is 4.23. The van der Waals surface area contributed by atoms with Crippen molar-refractivity contribution in [3.63, 3.8) is 0 Å². The van der Waals surface area contributed by atoms with Crippen molar-refractivity contribution in [1.29, 1.82) is 0 Å². The maximum absolute atomic E-state index is 13.1. The molecule has 2 heterocycles. The minimum Gasteiger partial charge on any atom is -0.497 e. The summed E-state index contributed by atoms with van der Waals surface area (Å²) in [4.78, 5) is 26.7. The molecule has 27 heavy (non-hydrogen) atoms. The first-order valence-corrected chi connectivity index (χ1v) is 8.45. The van der Waals surface area contributed by atoms with Crippen LogP contribution < -0.4 is 20.8 Å². The van der Waals surface area contributed by atoms with Gasteiger partial charge in [0.2, 0.25) is 5.95 Å². The van der Waals surface area contributed by atoms with E-state index in [2.05, 4.69) is 5.10 Å². The summed E-state index contributed by atoms with van der Waals surface area (Å²) in [6.07, 6.45) is 0. The molecule has 0 bridgehead atoms. The van der Waals surface area contributed by atoms with Crippen LogP contribution in [0.3, 0.4) is 0 Å². The second-order valence-corrected chi connectivity index (χ2v) is 6.20. The molecule has 0 saturated carbocycles. The lowest BCUT2D eigenvalue weighted by Crippen LogP contribution is -2.42. The number of aromatic nitrogens is 3. The van der Waals surface area contributed by atoms with Crippen molar-refractivity contribution >= 4 is 11.6 Å². The van der Waals surface area contributed by atoms with Gasteiger partial charge in [-0.25, -0.2) is 9.07 Å². The van der Waals surface area contributed by atoms with E-state index in [1.165, 1.54) is 16.7 Å². The summed E-state index contributed by atoms with van der Waals surface area (Å²) in [5, 5.41) is 4.40. The Bertz CT molecular complexity index is 1090. The zero-order valence-electron chi connectivity index (χ0n) is 14.6. The van der Waals surface area contributed by atoms with Gasteiger partial charge in [-0.05, 0) is 42.0 Å². The fourth-order valence-corrected chi connectivity index (χ4v) is 3.10. The van der Waals surface area contributed by atoms with E-state index in [9.17, 15) is 14.0 Å². The number of ether oxygens (including phenoxy) is 1. The number of methoxy groups -OCH3 is 1. The van der Waals surface area contributed by atoms with Crippen molar-refractivity contribution in [2.45, 2.75) is 13.1 Å². The highest BCUT2D eigenvalue weighted by molar-refractivity contribution is 5.59. The number of nitrogens with zero attached hydrogens (tertiary/aromatic N) is 4. The predicted octanol–water partition coefficient (Wildman–Crippen LogP) is 1.75. The highest BCUT2D eigenvalue weighted by atomic mass is 19.1. The summed E-state index contributed by atoms with van der Waals surface area (Å²) in [6.45, 7) is 1.02. The predicted molar refractivity (Wildman–Crippen MR) is 98.3 cm³/mol. The topological polar surface area (TPSA) is 69.4 Å². The third kappa shape index (κ3) is 3.10. The van der Waals surface area contributed by atoms with Crippen molar-refractivity contribution in [3.05, 3.63) is 80.6 Å². The zero-order valence-corrected chi connectivity index (χ0v) is 14.6. The summed E-state index contributed by atoms with van der Waals surface area (Å²) in [5.74, 6) is 0.773. The van der Waals surface area contributed by atoms with Gasteiger partial charge < -0.3 is 9.64 Å². The van der Waals surface area contributed by atoms with E-state index >= 15 is 0 Å². The van der Waals surface area contributed by atoms with Crippen molar-refractivity contribution < 1.29 is 9.13 Å². The average molecular weight is 368 g/mol. The molecule has 4 rings (SSSR count). The van der Waals surface area contributed by atoms with Gasteiger partial charge in [0.15, 0.2) is 0 Å². The largest absolute Gasteiger partial charge is 0.497 e. The highest BCUT2D eigenvalue weighted by Gasteiger charge is 2.26. The molecular formula is C19H17FN4O3. The van der Waals surface area contributed by atoms with Gasteiger partial charge in [0.1, 0.15) is 11.6 Å². The van der Waals surface area contributed by atoms with E-state index in [4.69, 9.17) is 4.74 Å². The van der Waals surface area contributed by atoms with Crippen molar-refractivity contribution in [2.24, 2.45) is 0 Å². The van der Waals surface area contributed by atoms with Gasteiger partial charge in [0.25, 0.3) is 0 Å². The van der Waals surface area contributed by atoms with E-state index in [0.29, 0.717) is 24.6 Å². The molecule has 0 N–H and O–H groups in total. The number of halogens is 1. The van der Waals surface area contributed by atoms with E-state index in [1.54, 1.807) is 19.2 Å². The van der Waals surface area contributed by atoms with Crippen molar-refractivity contribution in [3.8, 4) is 5.75 Å². The van der Waals surface area contributed by atoms with Gasteiger partial charge in [-0.2, -0.15) is 0 Å². The first-order chi connectivity index (χ1) is 13.1. The minimum atomic E-state index is -0.695. The maximum atomic E-state index is 13.1. The fraction of sp³-hybridized carbons (Fsp3) is 0.211. The summed E-state index contributed by atoms with van der Waals surface area (Å²) >= 11 is 0. The van der Waals surface area contributed by atoms with Crippen LogP contribution in [0.1, 0.15) is 5.56 Å². The smallest absolute Gasteiger partial charge is 0.333 e. The van der Waals surface area contributed by atoms with Gasteiger partial charge in [-0.1, -0.05) is 12.1 Å². The molecule has 0 atom stereocenters. The molecule has 0 aliphatic carbocycles. The SMILES string of the molecule is COc1ccc(N2CCn3c2nn(Cc2ccc(F)cc2)c(=O)c3=O)cc1. The lowest BCUT2D eigenvalue weighted by atomic mass is 10.2. The standard InChI is InChI=1S/C19H17FN4O3/c1-27-16-8-6-15(7-9-16)22-10-11-23-17(25)18(26)24(21-19(22)23)12-13-2-4-14(20)5-3-13/h2-9H,10-12H2,1H3. The summed E-state index contributed by atoms with van der Waals surface area (Å²) in [5.41, 5.74) is 0.225. The third-order valence-corrected chi connectivity index (χ3v) is 4.53. The molecule has 138 valence electrons. The second kappa shape index (κ2) is 6.71. The number of hydrogen-bond donors (Lipinski definition) is 0. The van der Waals surface area contributed by atoms with E-state index < -0.39 is 11.1 Å². The molecule has 0 saturated heterocycles. The average Bonchev–Trinajstić information content (AvgIpc) is 3.11. The third-order valence-electron chi connectivity index (χ3n) is 4.53. The molecule has 1 aliphatic heterocycles. The maximum Gasteiger partial charge on any atom is 0.333 e. The molecule has 0 fully saturated rings. The molecule has 0 unspecified atom stereocenters. The Balaban J connectivity index is 1.74. The number of fused-ring (bicyclic) bond motifs is 1. The molecule has 8 heteroatoms. The molecule has 0 amide bonds. The lowest BCUT2D eigenvalue weighted by molar-refractivity contribution is 0.415. The van der Waals surface area contributed by atoms with Crippen LogP contribution in [0, 0.1) is 5.82 Å². The molecule has 7 nitrogen and oxygen atoms in total. The van der Waals surface area contributed by atoms with E-state index in [-0.39, 0.29) is 12.4 Å². The number of anilines is 2. The molecule has 2 aromatic carbocycles. The van der Waals surface area contributed by atoms with Crippen LogP contribution in [-0.4, -0.2) is 28.0 Å². The van der Waals surface area contributed by atoms with Gasteiger partial charge in [0.05, 0.1) is 13.7 Å². The Hall–Kier alpha value is -3.42. The highest BCUT2D eigenvalue weighted by Crippen LogP contribution is 2.27. The van der Waals surface area contributed by atoms with Crippen LogP contribution >= 0.6 is 0 Å². The Morgan fingerprint density at radius 1 is 1.00 bits per heavy atom. The molecular weight excluding hydrogens is 351 g/mol. The Labute approximate surface area is 153 Å². The van der Waals surface area contributed by atoms with E-state index in [0.717, 1.165) is 16.1 Å². The normalized spacial score (nSPS) is 12.9. The zero-order chi connectivity index (χ0) is 19.0. The molecule has 1 aromatic heterocycles. The van der Waals surface area contributed by atoms with Crippen LogP contribution in [0.4, 0.5) is 16.0 Å². The van der Waals surface area contributed by atoms with Gasteiger partial charge in [0, 0.05) is 18.8 Å². The van der Waals surface area contributed by atoms with Gasteiger partial charge in [-0.3, -0.25) is 14.2 Å². The van der Waals surface area contributed by atoms with Crippen LogP contribution in [0.2, 0.25) is 0 Å². The lowest BCUT2D eigenvalue weighted by Gasteiger charge is -2.18. The Morgan fingerprint density at radius 3 is 2.37 bits per heavy atom. The van der Waals surface area contributed by atoms with Crippen LogP contribution in [0.5, 0.6) is 5.75 Å². The molecule has 3 aromatic rings. The summed E-state index contributed by atoms with van der Waals surface area (Å²) in [7, 11) is 1.59. The van der Waals surface area contributed by atoms with Gasteiger partial charge in [-0.15, -0.1) is 5.10 Å². The minimum absolute atomic E-state index is 0.0959. The molecule has 1 aliphatic rings. The first-order valence-electron chi connectivity index (χ1n) is 8.45. The fourth-order valence-electron chi connectivity index (χ4n) is 3.10. The van der Waals surface area contributed by atoms with Crippen molar-refractivity contribution in [1.82, 2.24) is 14.3 Å². The molecule has 0 spiro atoms. The quantitative estimate of drug-likeness (QED) is 0.657. The monoisotopic (exact) mass is 368 g/mol. The van der Waals surface area contributed by atoms with Crippen LogP contribution in [0.25, 0.3) is 0 Å². The summed E-state index contributed by atoms with van der Waals surface area (Å²) < 4.78 is 20.8. The first kappa shape index (κ1) is 17.0. The number of benzene rings is 2. The number of hydrogen-bond acceptors (Lipinski definition) is 5. The van der Waals surface area contributed by atoms with Crippen molar-refractivity contribution in [2.75, 3.05) is 18.6 Å². The summed E-state index contributed by atoms with van der Waals surface area (Å²) in [6, 6.07) is 13.1. The van der Waals surface area contributed by atoms with Gasteiger partial charge >= 0.3 is 11.1 Å². The molecule has 0 radical (unpaired) electrons. The Morgan fingerprint density at radius 2 is 1.70 bits per heavy atom. The van der Waals surface area contributed by atoms with E-state index in [1.807, 2.05) is 29.2 Å². The van der Waals surface area contributed by atoms with Crippen LogP contribution in [-0.2, 0) is 13.1 Å². The second-order valence-electron chi connectivity index (χ2n) is 6.20. The van der Waals surface area contributed by atoms with Crippen LogP contribution in [0.15, 0.2) is 58.1 Å².